The number of rotatable bonds is 4. The predicted molar refractivity (Wildman–Crippen MR) is 75.9 cm³/mol. The van der Waals surface area contributed by atoms with E-state index in [0.29, 0.717) is 17.9 Å². The third-order valence-corrected chi connectivity index (χ3v) is 2.41. The molecule has 6 heteroatoms. The van der Waals surface area contributed by atoms with Crippen molar-refractivity contribution < 1.29 is 19.1 Å². The first-order valence-corrected chi connectivity index (χ1v) is 6.64. The van der Waals surface area contributed by atoms with Gasteiger partial charge in [0.05, 0.1) is 12.3 Å². The Morgan fingerprint density at radius 3 is 2.45 bits per heavy atom. The molecule has 0 saturated carbocycles. The minimum atomic E-state index is -0.600. The Hall–Kier alpha value is -1.98. The topological polar surface area (TPSA) is 69.6 Å². The third kappa shape index (κ3) is 4.29. The van der Waals surface area contributed by atoms with Crippen molar-refractivity contribution in [2.24, 2.45) is 0 Å². The molecule has 1 aromatic rings. The van der Waals surface area contributed by atoms with E-state index in [2.05, 4.69) is 5.32 Å². The van der Waals surface area contributed by atoms with Crippen LogP contribution in [0.2, 0.25) is 0 Å². The lowest BCUT2D eigenvalue weighted by molar-refractivity contribution is 0.0515. The monoisotopic (exact) mass is 282 g/mol. The Morgan fingerprint density at radius 2 is 1.95 bits per heavy atom. The van der Waals surface area contributed by atoms with Crippen LogP contribution in [0.3, 0.4) is 0 Å². The Labute approximate surface area is 119 Å². The summed E-state index contributed by atoms with van der Waals surface area (Å²) in [4.78, 5) is 23.7. The maximum atomic E-state index is 11.9. The zero-order valence-corrected chi connectivity index (χ0v) is 12.6. The van der Waals surface area contributed by atoms with Crippen LogP contribution in [0.15, 0.2) is 12.3 Å². The van der Waals surface area contributed by atoms with Crippen molar-refractivity contribution >= 4 is 17.7 Å². The normalized spacial score (nSPS) is 11.1. The summed E-state index contributed by atoms with van der Waals surface area (Å²) in [5.41, 5.74) is 0.112. The fourth-order valence-corrected chi connectivity index (χ4v) is 1.68. The number of aryl methyl sites for hydroxylation is 1. The standard InChI is InChI=1S/C14H22N2O4/c1-6-16-9-8-10(11(16)12(17)19-7-2)15-13(18)20-14(3,4)5/h8-9H,6-7H2,1-5H3,(H,15,18). The lowest BCUT2D eigenvalue weighted by Crippen LogP contribution is -2.28. The maximum absolute atomic E-state index is 11.9. The lowest BCUT2D eigenvalue weighted by Gasteiger charge is -2.19. The van der Waals surface area contributed by atoms with Gasteiger partial charge in [0.25, 0.3) is 0 Å². The molecule has 0 atom stereocenters. The Kier molecular flexibility index (Phi) is 5.19. The summed E-state index contributed by atoms with van der Waals surface area (Å²) in [7, 11) is 0. The third-order valence-electron chi connectivity index (χ3n) is 2.41. The first-order chi connectivity index (χ1) is 9.28. The molecule has 0 fully saturated rings. The van der Waals surface area contributed by atoms with Crippen molar-refractivity contribution in [3.63, 3.8) is 0 Å². The Bertz CT molecular complexity index is 486. The molecule has 20 heavy (non-hydrogen) atoms. The molecule has 1 N–H and O–H groups in total. The number of nitrogens with one attached hydrogen (secondary N) is 1. The number of anilines is 1. The molecular weight excluding hydrogens is 260 g/mol. The second kappa shape index (κ2) is 6.45. The first-order valence-electron chi connectivity index (χ1n) is 6.64. The molecule has 0 spiro atoms. The molecule has 1 amide bonds. The molecular formula is C14H22N2O4. The van der Waals surface area contributed by atoms with Crippen molar-refractivity contribution in [1.82, 2.24) is 4.57 Å². The molecule has 1 rings (SSSR count). The number of hydrogen-bond donors (Lipinski definition) is 1. The SMILES string of the molecule is CCOC(=O)c1c(NC(=O)OC(C)(C)C)ccn1CC. The molecule has 0 aliphatic rings. The van der Waals surface area contributed by atoms with Gasteiger partial charge in [0.2, 0.25) is 0 Å². The van der Waals surface area contributed by atoms with Crippen molar-refractivity contribution in [2.75, 3.05) is 11.9 Å². The Balaban J connectivity index is 2.93. The van der Waals surface area contributed by atoms with Gasteiger partial charge in [0.15, 0.2) is 5.69 Å². The average molecular weight is 282 g/mol. The second-order valence-corrected chi connectivity index (χ2v) is 5.21. The quantitative estimate of drug-likeness (QED) is 0.862. The summed E-state index contributed by atoms with van der Waals surface area (Å²) in [6.07, 6.45) is 1.12. The number of hydrogen-bond acceptors (Lipinski definition) is 4. The van der Waals surface area contributed by atoms with Crippen LogP contribution in [0, 0.1) is 0 Å². The van der Waals surface area contributed by atoms with Crippen molar-refractivity contribution in [1.29, 1.82) is 0 Å². The number of aromatic nitrogens is 1. The van der Waals surface area contributed by atoms with E-state index in [1.165, 1.54) is 0 Å². The molecule has 0 aliphatic heterocycles. The number of nitrogens with zero attached hydrogens (tertiary/aromatic N) is 1. The number of carbonyl (C=O) groups excluding carboxylic acids is 2. The smallest absolute Gasteiger partial charge is 0.412 e. The van der Waals surface area contributed by atoms with Crippen LogP contribution in [-0.4, -0.2) is 28.8 Å². The molecule has 0 aliphatic carbocycles. The van der Waals surface area contributed by atoms with Gasteiger partial charge in [-0.05, 0) is 40.7 Å². The molecule has 6 nitrogen and oxygen atoms in total. The van der Waals surface area contributed by atoms with Gasteiger partial charge in [-0.2, -0.15) is 0 Å². The average Bonchev–Trinajstić information content (AvgIpc) is 2.69. The summed E-state index contributed by atoms with van der Waals surface area (Å²) in [5, 5.41) is 2.58. The molecule has 1 aromatic heterocycles. The number of esters is 1. The van der Waals surface area contributed by atoms with E-state index < -0.39 is 17.7 Å². The van der Waals surface area contributed by atoms with Crippen molar-refractivity contribution in [3.8, 4) is 0 Å². The van der Waals surface area contributed by atoms with Gasteiger partial charge >= 0.3 is 12.1 Å². The van der Waals surface area contributed by atoms with Gasteiger partial charge in [-0.25, -0.2) is 9.59 Å². The van der Waals surface area contributed by atoms with E-state index in [1.54, 1.807) is 44.5 Å². The first kappa shape index (κ1) is 16.1. The van der Waals surface area contributed by atoms with E-state index >= 15 is 0 Å². The summed E-state index contributed by atoms with van der Waals surface area (Å²) in [5.74, 6) is -0.467. The molecule has 112 valence electrons. The number of ether oxygens (including phenoxy) is 2. The molecule has 0 radical (unpaired) electrons. The molecule has 1 heterocycles. The van der Waals surface area contributed by atoms with E-state index in [9.17, 15) is 9.59 Å². The Morgan fingerprint density at radius 1 is 1.30 bits per heavy atom. The summed E-state index contributed by atoms with van der Waals surface area (Å²) in [6.45, 7) is 9.84. The molecule has 0 aromatic carbocycles. The zero-order chi connectivity index (χ0) is 15.3. The van der Waals surface area contributed by atoms with Crippen LogP contribution < -0.4 is 5.32 Å². The molecule has 0 bridgehead atoms. The van der Waals surface area contributed by atoms with Gasteiger partial charge in [0, 0.05) is 12.7 Å². The molecule has 0 saturated heterocycles. The van der Waals surface area contributed by atoms with Gasteiger partial charge in [0.1, 0.15) is 5.60 Å². The van der Waals surface area contributed by atoms with Crippen molar-refractivity contribution in [2.45, 2.75) is 46.8 Å². The summed E-state index contributed by atoms with van der Waals surface area (Å²) in [6, 6.07) is 1.65. The number of carbonyl (C=O) groups is 2. The van der Waals surface area contributed by atoms with Crippen molar-refractivity contribution in [3.05, 3.63) is 18.0 Å². The van der Waals surface area contributed by atoms with Crippen LogP contribution >= 0.6 is 0 Å². The minimum Gasteiger partial charge on any atom is -0.461 e. The largest absolute Gasteiger partial charge is 0.461 e. The van der Waals surface area contributed by atoms with Crippen LogP contribution in [0.4, 0.5) is 10.5 Å². The second-order valence-electron chi connectivity index (χ2n) is 5.21. The van der Waals surface area contributed by atoms with Gasteiger partial charge < -0.3 is 14.0 Å². The lowest BCUT2D eigenvalue weighted by atomic mass is 10.2. The fourth-order valence-electron chi connectivity index (χ4n) is 1.68. The van der Waals surface area contributed by atoms with Gasteiger partial charge in [-0.3, -0.25) is 5.32 Å². The van der Waals surface area contributed by atoms with Crippen LogP contribution in [0.25, 0.3) is 0 Å². The fraction of sp³-hybridized carbons (Fsp3) is 0.571. The predicted octanol–water partition coefficient (Wildman–Crippen LogP) is 3.03. The highest BCUT2D eigenvalue weighted by atomic mass is 16.6. The van der Waals surface area contributed by atoms with E-state index in [4.69, 9.17) is 9.47 Å². The number of amides is 1. The summed E-state index contributed by atoms with van der Waals surface area (Å²) >= 11 is 0. The van der Waals surface area contributed by atoms with Crippen LogP contribution in [0.5, 0.6) is 0 Å². The summed E-state index contributed by atoms with van der Waals surface area (Å²) < 4.78 is 11.9. The highest BCUT2D eigenvalue weighted by Crippen LogP contribution is 2.20. The van der Waals surface area contributed by atoms with E-state index in [0.717, 1.165) is 0 Å². The maximum Gasteiger partial charge on any atom is 0.412 e. The van der Waals surface area contributed by atoms with Crippen LogP contribution in [0.1, 0.15) is 45.1 Å². The van der Waals surface area contributed by atoms with Gasteiger partial charge in [-0.15, -0.1) is 0 Å². The molecule has 0 unspecified atom stereocenters. The highest BCUT2D eigenvalue weighted by molar-refractivity contribution is 5.98. The van der Waals surface area contributed by atoms with E-state index in [1.807, 2.05) is 6.92 Å². The van der Waals surface area contributed by atoms with Crippen LogP contribution in [-0.2, 0) is 16.0 Å². The highest BCUT2D eigenvalue weighted by Gasteiger charge is 2.22. The van der Waals surface area contributed by atoms with E-state index in [-0.39, 0.29) is 6.61 Å². The van der Waals surface area contributed by atoms with Gasteiger partial charge in [-0.1, -0.05) is 0 Å². The minimum absolute atomic E-state index is 0.277. The zero-order valence-electron chi connectivity index (χ0n) is 12.6.